The number of hydrogen-bond donors (Lipinski definition) is 3. The third-order valence-electron chi connectivity index (χ3n) is 3.11. The number of aliphatic carboxylic acids is 1. The molecule has 1 atom stereocenters. The highest BCUT2D eigenvalue weighted by Crippen LogP contribution is 2.22. The van der Waals surface area contributed by atoms with E-state index >= 15 is 0 Å². The monoisotopic (exact) mass is 298 g/mol. The molecule has 0 aliphatic rings. The van der Waals surface area contributed by atoms with Gasteiger partial charge in [0.25, 0.3) is 0 Å². The van der Waals surface area contributed by atoms with E-state index in [0.29, 0.717) is 6.42 Å². The lowest BCUT2D eigenvalue weighted by Crippen LogP contribution is -2.44. The van der Waals surface area contributed by atoms with Crippen LogP contribution >= 0.6 is 0 Å². The molecule has 0 aromatic heterocycles. The summed E-state index contributed by atoms with van der Waals surface area (Å²) in [6.07, 6.45) is -4.52. The Morgan fingerprint density at radius 2 is 1.75 bits per heavy atom. The minimum absolute atomic E-state index is 0.0345. The molecule has 3 N–H and O–H groups in total. The predicted octanol–water partition coefficient (Wildman–Crippen LogP) is 2.52. The van der Waals surface area contributed by atoms with E-state index in [9.17, 15) is 22.8 Å². The van der Waals surface area contributed by atoms with Gasteiger partial charge in [-0.1, -0.05) is 6.92 Å². The molecule has 2 amide bonds. The summed E-state index contributed by atoms with van der Waals surface area (Å²) in [6, 6.07) is -0.571. The zero-order valence-electron chi connectivity index (χ0n) is 11.6. The van der Waals surface area contributed by atoms with Crippen LogP contribution in [0.25, 0.3) is 0 Å². The van der Waals surface area contributed by atoms with Gasteiger partial charge >= 0.3 is 18.2 Å². The van der Waals surface area contributed by atoms with Crippen LogP contribution in [-0.4, -0.2) is 36.4 Å². The van der Waals surface area contributed by atoms with Crippen LogP contribution in [0.5, 0.6) is 0 Å². The number of carboxylic acids is 1. The lowest BCUT2D eigenvalue weighted by atomic mass is 9.88. The molecule has 0 saturated carbocycles. The minimum atomic E-state index is -4.17. The summed E-state index contributed by atoms with van der Waals surface area (Å²) in [6.45, 7) is 3.30. The molecule has 0 aromatic carbocycles. The highest BCUT2D eigenvalue weighted by atomic mass is 19.4. The second-order valence-electron chi connectivity index (χ2n) is 4.90. The van der Waals surface area contributed by atoms with Crippen molar-refractivity contribution in [2.24, 2.45) is 5.41 Å². The largest absolute Gasteiger partial charge is 0.481 e. The van der Waals surface area contributed by atoms with Gasteiger partial charge in [-0.3, -0.25) is 4.79 Å². The highest BCUT2D eigenvalue weighted by molar-refractivity contribution is 5.77. The molecule has 0 aromatic rings. The maximum absolute atomic E-state index is 11.9. The van der Waals surface area contributed by atoms with Crippen molar-refractivity contribution >= 4 is 12.0 Å². The number of nitrogens with one attached hydrogen (secondary N) is 2. The van der Waals surface area contributed by atoms with Gasteiger partial charge in [0.2, 0.25) is 0 Å². The first-order valence-corrected chi connectivity index (χ1v) is 6.42. The quantitative estimate of drug-likeness (QED) is 0.602. The Hall–Kier alpha value is -1.47. The van der Waals surface area contributed by atoms with E-state index in [1.807, 2.05) is 0 Å². The average molecular weight is 298 g/mol. The zero-order valence-corrected chi connectivity index (χ0v) is 11.6. The Labute approximate surface area is 115 Å². The van der Waals surface area contributed by atoms with E-state index in [4.69, 9.17) is 5.11 Å². The molecule has 20 heavy (non-hydrogen) atoms. The number of hydrogen-bond acceptors (Lipinski definition) is 2. The van der Waals surface area contributed by atoms with Gasteiger partial charge < -0.3 is 15.7 Å². The van der Waals surface area contributed by atoms with Crippen LogP contribution in [0, 0.1) is 5.41 Å². The number of alkyl halides is 3. The van der Waals surface area contributed by atoms with E-state index in [1.54, 1.807) is 6.92 Å². The first kappa shape index (κ1) is 18.5. The van der Waals surface area contributed by atoms with Gasteiger partial charge in [0.15, 0.2) is 0 Å². The molecule has 0 fully saturated rings. The van der Waals surface area contributed by atoms with Crippen LogP contribution < -0.4 is 10.6 Å². The molecule has 118 valence electrons. The average Bonchev–Trinajstić information content (AvgIpc) is 2.33. The van der Waals surface area contributed by atoms with Crippen molar-refractivity contribution in [3.8, 4) is 0 Å². The standard InChI is InChI=1S/C12H21F3N2O3/c1-3-11(2,9(18)19)8-17-10(20)16-7-5-4-6-12(13,14)15/h3-8H2,1-2H3,(H,18,19)(H2,16,17,20). The van der Waals surface area contributed by atoms with Gasteiger partial charge in [-0.25, -0.2) is 4.79 Å². The Balaban J connectivity index is 3.82. The van der Waals surface area contributed by atoms with Crippen molar-refractivity contribution in [1.82, 2.24) is 10.6 Å². The second kappa shape index (κ2) is 7.96. The van der Waals surface area contributed by atoms with E-state index in [0.717, 1.165) is 0 Å². The van der Waals surface area contributed by atoms with Crippen LogP contribution in [0.3, 0.4) is 0 Å². The first-order valence-electron chi connectivity index (χ1n) is 6.42. The normalized spacial score (nSPS) is 14.4. The molecule has 0 radical (unpaired) electrons. The molecule has 0 heterocycles. The summed E-state index contributed by atoms with van der Waals surface area (Å²) in [4.78, 5) is 22.3. The maximum atomic E-state index is 11.9. The van der Waals surface area contributed by atoms with Gasteiger partial charge in [-0.05, 0) is 26.2 Å². The summed E-state index contributed by atoms with van der Waals surface area (Å²) in [5.41, 5.74) is -1.05. The molecule has 0 spiro atoms. The van der Waals surface area contributed by atoms with E-state index in [1.165, 1.54) is 6.92 Å². The zero-order chi connectivity index (χ0) is 15.8. The number of amides is 2. The molecule has 0 bridgehead atoms. The molecular weight excluding hydrogens is 277 g/mol. The van der Waals surface area contributed by atoms with Crippen LogP contribution in [-0.2, 0) is 4.79 Å². The van der Waals surface area contributed by atoms with Crippen molar-refractivity contribution in [3.63, 3.8) is 0 Å². The Morgan fingerprint density at radius 3 is 2.20 bits per heavy atom. The Kier molecular flexibility index (Phi) is 7.38. The van der Waals surface area contributed by atoms with E-state index in [2.05, 4.69) is 10.6 Å². The number of halogens is 3. The maximum Gasteiger partial charge on any atom is 0.389 e. The molecular formula is C12H21F3N2O3. The Bertz CT molecular complexity index is 334. The lowest BCUT2D eigenvalue weighted by molar-refractivity contribution is -0.147. The van der Waals surface area contributed by atoms with Gasteiger partial charge in [-0.2, -0.15) is 13.2 Å². The molecule has 0 aliphatic heterocycles. The molecule has 0 rings (SSSR count). The number of rotatable bonds is 8. The molecule has 8 heteroatoms. The fraction of sp³-hybridized carbons (Fsp3) is 0.833. The lowest BCUT2D eigenvalue weighted by Gasteiger charge is -2.23. The first-order chi connectivity index (χ1) is 9.10. The molecule has 1 unspecified atom stereocenters. The molecule has 0 saturated heterocycles. The summed E-state index contributed by atoms with van der Waals surface area (Å²) in [5.74, 6) is -1.01. The number of carboxylic acid groups (broad SMARTS) is 1. The summed E-state index contributed by atoms with van der Waals surface area (Å²) in [7, 11) is 0. The third kappa shape index (κ3) is 7.85. The van der Waals surface area contributed by atoms with Crippen LogP contribution in [0.15, 0.2) is 0 Å². The smallest absolute Gasteiger partial charge is 0.389 e. The van der Waals surface area contributed by atoms with E-state index in [-0.39, 0.29) is 25.9 Å². The minimum Gasteiger partial charge on any atom is -0.481 e. The van der Waals surface area contributed by atoms with Crippen LogP contribution in [0.2, 0.25) is 0 Å². The second-order valence-corrected chi connectivity index (χ2v) is 4.90. The summed E-state index contributed by atoms with van der Waals surface area (Å²) < 4.78 is 35.6. The van der Waals surface area contributed by atoms with Crippen molar-refractivity contribution in [1.29, 1.82) is 0 Å². The van der Waals surface area contributed by atoms with Gasteiger partial charge in [0.1, 0.15) is 0 Å². The highest BCUT2D eigenvalue weighted by Gasteiger charge is 2.31. The van der Waals surface area contributed by atoms with Crippen molar-refractivity contribution in [2.75, 3.05) is 13.1 Å². The molecule has 0 aliphatic carbocycles. The van der Waals surface area contributed by atoms with Gasteiger partial charge in [0, 0.05) is 19.5 Å². The molecule has 5 nitrogen and oxygen atoms in total. The fourth-order valence-electron chi connectivity index (χ4n) is 1.34. The van der Waals surface area contributed by atoms with Gasteiger partial charge in [0.05, 0.1) is 5.41 Å². The number of carbonyl (C=O) groups is 2. The fourth-order valence-corrected chi connectivity index (χ4v) is 1.34. The summed E-state index contributed by atoms with van der Waals surface area (Å²) >= 11 is 0. The van der Waals surface area contributed by atoms with E-state index < -0.39 is 30.0 Å². The third-order valence-corrected chi connectivity index (χ3v) is 3.11. The number of urea groups is 1. The van der Waals surface area contributed by atoms with Crippen molar-refractivity contribution in [2.45, 2.75) is 45.7 Å². The Morgan fingerprint density at radius 1 is 1.15 bits per heavy atom. The summed E-state index contributed by atoms with van der Waals surface area (Å²) in [5, 5.41) is 13.8. The van der Waals surface area contributed by atoms with Crippen molar-refractivity contribution < 1.29 is 27.9 Å². The van der Waals surface area contributed by atoms with Crippen LogP contribution in [0.4, 0.5) is 18.0 Å². The number of unbranched alkanes of at least 4 members (excludes halogenated alkanes) is 1. The SMILES string of the molecule is CCC(C)(CNC(=O)NCCCCC(F)(F)F)C(=O)O. The topological polar surface area (TPSA) is 78.4 Å². The van der Waals surface area contributed by atoms with Crippen molar-refractivity contribution in [3.05, 3.63) is 0 Å². The number of carbonyl (C=O) groups excluding carboxylic acids is 1. The van der Waals surface area contributed by atoms with Gasteiger partial charge in [-0.15, -0.1) is 0 Å². The predicted molar refractivity (Wildman–Crippen MR) is 67.3 cm³/mol. The van der Waals surface area contributed by atoms with Crippen LogP contribution in [0.1, 0.15) is 39.5 Å².